The number of hydrogen-bond acceptors (Lipinski definition) is 7. The molecule has 7 nitrogen and oxygen atoms in total. The molecule has 0 aliphatic carbocycles. The van der Waals surface area contributed by atoms with Gasteiger partial charge >= 0.3 is 19.5 Å². The number of rotatable bonds is 4. The molecule has 0 fully saturated rings. The first-order valence-corrected chi connectivity index (χ1v) is 11.7. The molecule has 9 heteroatoms. The topological polar surface area (TPSA) is 87.8 Å². The molecule has 0 radical (unpaired) electrons. The third-order valence-electron chi connectivity index (χ3n) is 5.37. The quantitative estimate of drug-likeness (QED) is 0.571. The largest absolute Gasteiger partial charge is 2.00 e. The Bertz CT molecular complexity index is 877. The standard InChI is InChI=1S/C21H29BN3O3.C4H9O.Zn/c1-19(2)12-26-16(23-19)22(15-10-8-7-9-11-15,17-24-20(3,4)13-27-17)18-25-21(5,6)14-28-18;1-4(2,3)5;/h7-11H,12-14H2,1-6H3;1-3H3;/q2*-1;+2. The maximum absolute atomic E-state index is 10.1. The molecule has 0 atom stereocenters. The monoisotopic (exact) mass is 519 g/mol. The van der Waals surface area contributed by atoms with Crippen LogP contribution in [0.1, 0.15) is 62.3 Å². The first kappa shape index (κ1) is 28.5. The maximum atomic E-state index is 10.1. The summed E-state index contributed by atoms with van der Waals surface area (Å²) in [6.45, 7) is 18.8. The molecule has 1 aromatic carbocycles. The summed E-state index contributed by atoms with van der Waals surface area (Å²) in [5.41, 5.74) is -0.714. The van der Waals surface area contributed by atoms with Crippen molar-refractivity contribution in [3.8, 4) is 0 Å². The Morgan fingerprint density at radius 1 is 0.706 bits per heavy atom. The van der Waals surface area contributed by atoms with Crippen molar-refractivity contribution in [2.75, 3.05) is 19.8 Å². The van der Waals surface area contributed by atoms with Gasteiger partial charge in [-0.2, -0.15) is 5.46 Å². The first-order chi connectivity index (χ1) is 15.0. The number of hydrogen-bond donors (Lipinski definition) is 0. The van der Waals surface area contributed by atoms with Gasteiger partial charge in [0.2, 0.25) is 0 Å². The van der Waals surface area contributed by atoms with Crippen molar-refractivity contribution in [1.29, 1.82) is 0 Å². The fraction of sp³-hybridized carbons (Fsp3) is 0.640. The van der Waals surface area contributed by atoms with Crippen LogP contribution < -0.4 is 10.6 Å². The van der Waals surface area contributed by atoms with E-state index in [9.17, 15) is 5.11 Å². The average Bonchev–Trinajstić information content (AvgIpc) is 3.33. The van der Waals surface area contributed by atoms with Crippen LogP contribution >= 0.6 is 0 Å². The third-order valence-corrected chi connectivity index (χ3v) is 5.37. The molecule has 0 bridgehead atoms. The summed E-state index contributed by atoms with van der Waals surface area (Å²) >= 11 is 0. The first-order valence-electron chi connectivity index (χ1n) is 11.7. The van der Waals surface area contributed by atoms with Gasteiger partial charge in [0.05, 0.1) is 16.6 Å². The fourth-order valence-corrected chi connectivity index (χ4v) is 3.99. The second-order valence-electron chi connectivity index (χ2n) is 12.0. The Hall–Kier alpha value is -1.72. The summed E-state index contributed by atoms with van der Waals surface area (Å²) in [6.07, 6.45) is -1.93. The van der Waals surface area contributed by atoms with Gasteiger partial charge in [0, 0.05) is 17.4 Å². The molecule has 34 heavy (non-hydrogen) atoms. The third kappa shape index (κ3) is 6.48. The van der Waals surface area contributed by atoms with Gasteiger partial charge in [-0.3, -0.25) is 15.0 Å². The molecule has 4 rings (SSSR count). The number of aliphatic imine (C=N–C) groups is 3. The molecule has 0 unspecified atom stereocenters. The van der Waals surface area contributed by atoms with Crippen molar-refractivity contribution < 1.29 is 38.8 Å². The Morgan fingerprint density at radius 2 is 1.00 bits per heavy atom. The van der Waals surface area contributed by atoms with E-state index in [0.29, 0.717) is 37.2 Å². The van der Waals surface area contributed by atoms with E-state index in [-0.39, 0.29) is 36.1 Å². The van der Waals surface area contributed by atoms with Gasteiger partial charge in [0.15, 0.2) is 0 Å². The number of ether oxygens (including phenoxy) is 3. The zero-order valence-electron chi connectivity index (χ0n) is 22.3. The van der Waals surface area contributed by atoms with Gasteiger partial charge in [-0.25, -0.2) is 0 Å². The van der Waals surface area contributed by atoms with Crippen LogP contribution in [0.25, 0.3) is 0 Å². The van der Waals surface area contributed by atoms with Crippen LogP contribution in [0, 0.1) is 0 Å². The van der Waals surface area contributed by atoms with Gasteiger partial charge in [-0.05, 0) is 41.5 Å². The molecular weight excluding hydrogens is 482 g/mol. The molecule has 3 heterocycles. The van der Waals surface area contributed by atoms with Crippen LogP contribution in [0.3, 0.4) is 0 Å². The SMILES string of the molecule is CC(C)(C)[O-].CC1(C)COC([B-](C2=NC(C)(C)CO2)(C2=NC(C)(C)CO2)c2ccccc2)=N1.[Zn+2]. The van der Waals surface area contributed by atoms with E-state index < -0.39 is 11.7 Å². The maximum Gasteiger partial charge on any atom is 2.00 e. The predicted molar refractivity (Wildman–Crippen MR) is 134 cm³/mol. The predicted octanol–water partition coefficient (Wildman–Crippen LogP) is 2.72. The normalized spacial score (nSPS) is 22.0. The van der Waals surface area contributed by atoms with Crippen molar-refractivity contribution in [3.63, 3.8) is 0 Å². The van der Waals surface area contributed by atoms with Crippen molar-refractivity contribution in [1.82, 2.24) is 0 Å². The van der Waals surface area contributed by atoms with Crippen LogP contribution in [0.2, 0.25) is 0 Å². The smallest absolute Gasteiger partial charge is 0.850 e. The molecule has 3 aliphatic rings. The number of benzene rings is 1. The molecule has 3 aliphatic heterocycles. The minimum atomic E-state index is -1.93. The summed E-state index contributed by atoms with van der Waals surface area (Å²) in [6, 6.07) is 10.1. The van der Waals surface area contributed by atoms with Gasteiger partial charge in [-0.1, -0.05) is 51.1 Å². The van der Waals surface area contributed by atoms with E-state index in [1.54, 1.807) is 20.8 Å². The minimum absolute atomic E-state index is 0. The Balaban J connectivity index is 0.000000619. The number of nitrogens with zero attached hydrogens (tertiary/aromatic N) is 3. The summed E-state index contributed by atoms with van der Waals surface area (Å²) < 4.78 is 18.6. The summed E-state index contributed by atoms with van der Waals surface area (Å²) in [4.78, 5) is 14.9. The molecular formula is C25H38BN3O4Zn. The van der Waals surface area contributed by atoms with Gasteiger partial charge in [-0.15, -0.1) is 5.60 Å². The van der Waals surface area contributed by atoms with E-state index in [0.717, 1.165) is 5.46 Å². The zero-order valence-corrected chi connectivity index (χ0v) is 25.2. The molecule has 0 aromatic heterocycles. The van der Waals surface area contributed by atoms with Gasteiger partial charge in [0.25, 0.3) is 6.15 Å². The molecule has 0 saturated heterocycles. The Morgan fingerprint density at radius 3 is 1.24 bits per heavy atom. The van der Waals surface area contributed by atoms with Crippen molar-refractivity contribution in [2.45, 2.75) is 84.5 Å². The Labute approximate surface area is 217 Å². The van der Waals surface area contributed by atoms with E-state index in [4.69, 9.17) is 29.2 Å². The van der Waals surface area contributed by atoms with Crippen LogP contribution in [-0.2, 0) is 33.7 Å². The molecule has 0 N–H and O–H groups in total. The average molecular weight is 521 g/mol. The van der Waals surface area contributed by atoms with Crippen LogP contribution in [0.4, 0.5) is 0 Å². The summed E-state index contributed by atoms with van der Waals surface area (Å²) in [7, 11) is 0. The van der Waals surface area contributed by atoms with Crippen LogP contribution in [0.5, 0.6) is 0 Å². The molecule has 0 spiro atoms. The Kier molecular flexibility index (Phi) is 8.16. The van der Waals surface area contributed by atoms with E-state index in [2.05, 4.69) is 53.7 Å². The molecule has 0 saturated carbocycles. The summed E-state index contributed by atoms with van der Waals surface area (Å²) in [5, 5.41) is 10.1. The zero-order chi connectivity index (χ0) is 24.7. The van der Waals surface area contributed by atoms with Crippen LogP contribution in [-0.4, -0.2) is 65.6 Å². The van der Waals surface area contributed by atoms with E-state index in [1.807, 2.05) is 18.2 Å². The summed E-state index contributed by atoms with van der Waals surface area (Å²) in [5.74, 6) is 1.80. The van der Waals surface area contributed by atoms with Crippen molar-refractivity contribution >= 4 is 29.0 Å². The van der Waals surface area contributed by atoms with E-state index >= 15 is 0 Å². The fourth-order valence-electron chi connectivity index (χ4n) is 3.99. The molecule has 1 aromatic rings. The second-order valence-corrected chi connectivity index (χ2v) is 12.0. The molecule has 182 valence electrons. The van der Waals surface area contributed by atoms with Gasteiger partial charge in [0.1, 0.15) is 19.8 Å². The second kappa shape index (κ2) is 9.73. The van der Waals surface area contributed by atoms with Crippen molar-refractivity contribution in [3.05, 3.63) is 30.3 Å². The van der Waals surface area contributed by atoms with E-state index in [1.165, 1.54) is 0 Å². The minimum Gasteiger partial charge on any atom is -0.850 e. The van der Waals surface area contributed by atoms with Crippen LogP contribution in [0.15, 0.2) is 45.3 Å². The molecule has 0 amide bonds. The van der Waals surface area contributed by atoms with Crippen molar-refractivity contribution in [2.24, 2.45) is 15.0 Å². The van der Waals surface area contributed by atoms with Gasteiger partial charge < -0.3 is 19.3 Å².